The van der Waals surface area contributed by atoms with Crippen LogP contribution in [0.25, 0.3) is 10.9 Å². The van der Waals surface area contributed by atoms with E-state index in [2.05, 4.69) is 105 Å². The fourth-order valence-corrected chi connectivity index (χ4v) is 2.46. The number of likely N-dealkylation sites (N-methyl/N-ethyl adjacent to an activating group) is 1. The fraction of sp³-hybridized carbons (Fsp3) is 0.581. The van der Waals surface area contributed by atoms with Crippen LogP contribution in [0.5, 0.6) is 0 Å². The van der Waals surface area contributed by atoms with E-state index in [0.29, 0.717) is 5.41 Å². The second kappa shape index (κ2) is 19.5. The normalized spacial score (nSPS) is 11.0. The van der Waals surface area contributed by atoms with Gasteiger partial charge >= 0.3 is 0 Å². The number of hydrogen-bond donors (Lipinski definition) is 1. The van der Waals surface area contributed by atoms with Gasteiger partial charge in [0.15, 0.2) is 0 Å². The van der Waals surface area contributed by atoms with E-state index in [1.165, 1.54) is 34.1 Å². The summed E-state index contributed by atoms with van der Waals surface area (Å²) in [6.07, 6.45) is 5.49. The first kappa shape index (κ1) is 35.7. The number of rotatable bonds is 3. The van der Waals surface area contributed by atoms with Crippen molar-refractivity contribution in [2.45, 2.75) is 109 Å². The van der Waals surface area contributed by atoms with E-state index in [-0.39, 0.29) is 6.04 Å². The molecular weight excluding hydrogens is 400 g/mol. The van der Waals surface area contributed by atoms with E-state index in [4.69, 9.17) is 4.98 Å². The minimum Gasteiger partial charge on any atom is -0.310 e. The third-order valence-corrected chi connectivity index (χ3v) is 5.15. The van der Waals surface area contributed by atoms with Crippen LogP contribution in [0.3, 0.4) is 0 Å². The lowest BCUT2D eigenvalue weighted by molar-refractivity contribution is 0.506. The van der Waals surface area contributed by atoms with Crippen molar-refractivity contribution in [1.29, 1.82) is 0 Å². The summed E-state index contributed by atoms with van der Waals surface area (Å²) in [5.74, 6) is 0. The summed E-state index contributed by atoms with van der Waals surface area (Å²) in [5.41, 5.74) is 7.63. The van der Waals surface area contributed by atoms with Crippen molar-refractivity contribution in [2.75, 3.05) is 7.05 Å². The molecule has 1 unspecified atom stereocenters. The van der Waals surface area contributed by atoms with E-state index in [9.17, 15) is 0 Å². The molecule has 0 aliphatic rings. The Bertz CT molecular complexity index is 808. The summed E-state index contributed by atoms with van der Waals surface area (Å²) in [6, 6.07) is 6.81. The number of pyridine rings is 1. The van der Waals surface area contributed by atoms with Gasteiger partial charge in [0.1, 0.15) is 0 Å². The van der Waals surface area contributed by atoms with Crippen LogP contribution in [0.2, 0.25) is 0 Å². The number of benzene rings is 1. The molecule has 1 aromatic heterocycles. The van der Waals surface area contributed by atoms with Gasteiger partial charge in [-0.3, -0.25) is 4.98 Å². The SMILES string of the molecule is C/C=C\C(NC)c1ccc2c(C)c(C)c(C)nc2c1.C=C(C)C(C)(C)C.CC.CC.CCC. The maximum Gasteiger partial charge on any atom is 0.0711 e. The second-order valence-electron chi connectivity index (χ2n) is 8.75. The first-order valence-electron chi connectivity index (χ1n) is 12.8. The van der Waals surface area contributed by atoms with E-state index in [0.717, 1.165) is 11.2 Å². The molecule has 0 aliphatic carbocycles. The number of aryl methyl sites for hydroxylation is 2. The average molecular weight is 457 g/mol. The number of aromatic nitrogens is 1. The predicted molar refractivity (Wildman–Crippen MR) is 155 cm³/mol. The molecule has 1 aromatic carbocycles. The Balaban J connectivity index is -0.000000537. The topological polar surface area (TPSA) is 24.9 Å². The smallest absolute Gasteiger partial charge is 0.0711 e. The standard InChI is InChI=1S/C17H22N2.C7H14.C3H8.2C2H6/c1-6-7-16(18-5)14-8-9-15-12(3)11(2)13(4)19-17(15)10-14;1-6(2)7(3,4)5;1-3-2;2*1-2/h6-10,16,18H,1-5H3;1H2,2-5H3;3H2,1-2H3;2*1-2H3/b7-6-;;;;. The number of fused-ring (bicyclic) bond motifs is 1. The number of nitrogens with zero attached hydrogens (tertiary/aromatic N) is 1. The first-order chi connectivity index (χ1) is 15.4. The van der Waals surface area contributed by atoms with Crippen LogP contribution in [0, 0.1) is 26.2 Å². The lowest BCUT2D eigenvalue weighted by atomic mass is 9.89. The minimum atomic E-state index is 0.248. The molecule has 1 N–H and O–H groups in total. The van der Waals surface area contributed by atoms with Gasteiger partial charge in [-0.2, -0.15) is 0 Å². The van der Waals surface area contributed by atoms with E-state index < -0.39 is 0 Å². The van der Waals surface area contributed by atoms with Crippen molar-refractivity contribution in [3.8, 4) is 0 Å². The van der Waals surface area contributed by atoms with Gasteiger partial charge in [0, 0.05) is 11.1 Å². The predicted octanol–water partition coefficient (Wildman–Crippen LogP) is 10.1. The molecule has 2 aromatic rings. The molecule has 0 fully saturated rings. The molecule has 0 saturated carbocycles. The Morgan fingerprint density at radius 2 is 1.48 bits per heavy atom. The molecule has 33 heavy (non-hydrogen) atoms. The molecule has 0 aliphatic heterocycles. The highest BCUT2D eigenvalue weighted by Crippen LogP contribution is 2.25. The van der Waals surface area contributed by atoms with Crippen molar-refractivity contribution < 1.29 is 0 Å². The van der Waals surface area contributed by atoms with Crippen LogP contribution in [-0.4, -0.2) is 12.0 Å². The van der Waals surface area contributed by atoms with E-state index in [1.807, 2.05) is 41.7 Å². The first-order valence-corrected chi connectivity index (χ1v) is 12.8. The largest absolute Gasteiger partial charge is 0.310 e. The molecule has 190 valence electrons. The fourth-order valence-electron chi connectivity index (χ4n) is 2.46. The van der Waals surface area contributed by atoms with Crippen molar-refractivity contribution in [2.24, 2.45) is 5.41 Å². The Hall–Kier alpha value is -1.93. The lowest BCUT2D eigenvalue weighted by Gasteiger charge is -2.16. The van der Waals surface area contributed by atoms with Crippen LogP contribution in [-0.2, 0) is 0 Å². The number of hydrogen-bond acceptors (Lipinski definition) is 2. The Morgan fingerprint density at radius 1 is 1.03 bits per heavy atom. The molecule has 0 amide bonds. The zero-order chi connectivity index (χ0) is 26.8. The number of allylic oxidation sites excluding steroid dienone is 2. The molecule has 0 saturated heterocycles. The van der Waals surface area contributed by atoms with Gasteiger partial charge in [0.25, 0.3) is 0 Å². The molecule has 2 rings (SSSR count). The average Bonchev–Trinajstić information content (AvgIpc) is 2.78. The van der Waals surface area contributed by atoms with Crippen LogP contribution >= 0.6 is 0 Å². The van der Waals surface area contributed by atoms with E-state index >= 15 is 0 Å². The molecular formula is C31H56N2. The van der Waals surface area contributed by atoms with Gasteiger partial charge in [-0.1, -0.05) is 105 Å². The maximum atomic E-state index is 4.72. The van der Waals surface area contributed by atoms with Gasteiger partial charge < -0.3 is 5.32 Å². The molecule has 0 spiro atoms. The molecule has 1 atom stereocenters. The van der Waals surface area contributed by atoms with Crippen molar-refractivity contribution in [3.05, 3.63) is 64.9 Å². The Labute approximate surface area is 208 Å². The zero-order valence-corrected chi connectivity index (χ0v) is 24.8. The summed E-state index contributed by atoms with van der Waals surface area (Å²) >= 11 is 0. The third-order valence-electron chi connectivity index (χ3n) is 5.15. The minimum absolute atomic E-state index is 0.248. The highest BCUT2D eigenvalue weighted by molar-refractivity contribution is 5.84. The monoisotopic (exact) mass is 456 g/mol. The van der Waals surface area contributed by atoms with Gasteiger partial charge in [0.2, 0.25) is 0 Å². The number of nitrogens with one attached hydrogen (secondary N) is 1. The Kier molecular flexibility index (Phi) is 21.1. The van der Waals surface area contributed by atoms with Gasteiger partial charge in [0.05, 0.1) is 11.6 Å². The summed E-state index contributed by atoms with van der Waals surface area (Å²) in [5, 5.41) is 4.56. The molecule has 0 bridgehead atoms. The molecule has 2 heteroatoms. The van der Waals surface area contributed by atoms with Crippen molar-refractivity contribution >= 4 is 10.9 Å². The van der Waals surface area contributed by atoms with Crippen LogP contribution in [0.1, 0.15) is 111 Å². The molecule has 0 radical (unpaired) electrons. The summed E-state index contributed by atoms with van der Waals surface area (Å²) in [4.78, 5) is 4.72. The summed E-state index contributed by atoms with van der Waals surface area (Å²) < 4.78 is 0. The van der Waals surface area contributed by atoms with E-state index in [1.54, 1.807) is 0 Å². The van der Waals surface area contributed by atoms with Crippen LogP contribution in [0.4, 0.5) is 0 Å². The van der Waals surface area contributed by atoms with Crippen LogP contribution < -0.4 is 5.32 Å². The van der Waals surface area contributed by atoms with Crippen molar-refractivity contribution in [1.82, 2.24) is 10.3 Å². The third kappa shape index (κ3) is 13.4. The second-order valence-corrected chi connectivity index (χ2v) is 8.75. The van der Waals surface area contributed by atoms with Gasteiger partial charge in [-0.05, 0) is 69.8 Å². The highest BCUT2D eigenvalue weighted by atomic mass is 14.9. The van der Waals surface area contributed by atoms with Gasteiger partial charge in [-0.15, -0.1) is 0 Å². The zero-order valence-electron chi connectivity index (χ0n) is 24.8. The van der Waals surface area contributed by atoms with Gasteiger partial charge in [-0.25, -0.2) is 0 Å². The maximum absolute atomic E-state index is 4.72. The quantitative estimate of drug-likeness (QED) is 0.465. The summed E-state index contributed by atoms with van der Waals surface area (Å²) in [7, 11) is 1.98. The van der Waals surface area contributed by atoms with Crippen molar-refractivity contribution in [3.63, 3.8) is 0 Å². The molecule has 2 nitrogen and oxygen atoms in total. The lowest BCUT2D eigenvalue weighted by Crippen LogP contribution is -2.13. The highest BCUT2D eigenvalue weighted by Gasteiger charge is 2.10. The Morgan fingerprint density at radius 3 is 1.85 bits per heavy atom. The van der Waals surface area contributed by atoms with Crippen LogP contribution in [0.15, 0.2) is 42.5 Å². The summed E-state index contributed by atoms with van der Waals surface area (Å²) in [6.45, 7) is 33.1. The molecule has 1 heterocycles.